The van der Waals surface area contributed by atoms with Crippen LogP contribution in [0.5, 0.6) is 0 Å². The van der Waals surface area contributed by atoms with Gasteiger partial charge < -0.3 is 9.67 Å². The molecule has 2 aromatic heterocycles. The Morgan fingerprint density at radius 2 is 2.04 bits per heavy atom. The summed E-state index contributed by atoms with van der Waals surface area (Å²) in [5, 5.41) is 10.2. The molecule has 1 aromatic carbocycles. The molecule has 1 N–H and O–H groups in total. The van der Waals surface area contributed by atoms with Crippen molar-refractivity contribution in [1.29, 1.82) is 0 Å². The van der Waals surface area contributed by atoms with Gasteiger partial charge in [0, 0.05) is 21.7 Å². The van der Waals surface area contributed by atoms with Gasteiger partial charge in [0.1, 0.15) is 17.5 Å². The maximum Gasteiger partial charge on any atom is 0.323 e. The molecule has 7 heteroatoms. The average Bonchev–Trinajstić information content (AvgIpc) is 2.76. The SMILES string of the molecule is Cc1c(Sc2ccc(F)cc2)c2c(Cl)nccc2n1CC(=O)O. The molecule has 3 aromatic rings. The van der Waals surface area contributed by atoms with Crippen molar-refractivity contribution < 1.29 is 14.3 Å². The molecule has 0 amide bonds. The highest BCUT2D eigenvalue weighted by atomic mass is 35.5. The average molecular weight is 351 g/mol. The summed E-state index contributed by atoms with van der Waals surface area (Å²) in [6.45, 7) is 1.68. The van der Waals surface area contributed by atoms with Crippen LogP contribution in [0.25, 0.3) is 10.9 Å². The van der Waals surface area contributed by atoms with E-state index in [9.17, 15) is 9.18 Å². The van der Waals surface area contributed by atoms with Gasteiger partial charge in [0.15, 0.2) is 0 Å². The lowest BCUT2D eigenvalue weighted by molar-refractivity contribution is -0.137. The molecule has 0 aliphatic heterocycles. The number of fused-ring (bicyclic) bond motifs is 1. The van der Waals surface area contributed by atoms with Crippen LogP contribution in [0.15, 0.2) is 46.3 Å². The third-order valence-corrected chi connectivity index (χ3v) is 4.96. The van der Waals surface area contributed by atoms with E-state index in [1.165, 1.54) is 23.9 Å². The van der Waals surface area contributed by atoms with Gasteiger partial charge in [-0.15, -0.1) is 0 Å². The Hall–Kier alpha value is -2.05. The van der Waals surface area contributed by atoms with Crippen LogP contribution < -0.4 is 0 Å². The summed E-state index contributed by atoms with van der Waals surface area (Å²) >= 11 is 7.64. The number of hydrogen-bond acceptors (Lipinski definition) is 3. The molecule has 3 rings (SSSR count). The zero-order valence-electron chi connectivity index (χ0n) is 12.1. The van der Waals surface area contributed by atoms with Gasteiger partial charge in [0.05, 0.1) is 10.9 Å². The lowest BCUT2D eigenvalue weighted by Crippen LogP contribution is -2.09. The number of rotatable bonds is 4. The summed E-state index contributed by atoms with van der Waals surface area (Å²) < 4.78 is 14.8. The maximum atomic E-state index is 13.1. The van der Waals surface area contributed by atoms with Crippen molar-refractivity contribution in [2.45, 2.75) is 23.3 Å². The van der Waals surface area contributed by atoms with E-state index in [2.05, 4.69) is 4.98 Å². The van der Waals surface area contributed by atoms with Crippen molar-refractivity contribution in [1.82, 2.24) is 9.55 Å². The smallest absolute Gasteiger partial charge is 0.323 e. The van der Waals surface area contributed by atoms with Gasteiger partial charge in [0.25, 0.3) is 0 Å². The molecule has 0 aliphatic carbocycles. The zero-order valence-corrected chi connectivity index (χ0v) is 13.7. The number of aromatic nitrogens is 2. The number of carboxylic acids is 1. The first-order valence-electron chi connectivity index (χ1n) is 6.76. The Morgan fingerprint density at radius 1 is 1.35 bits per heavy atom. The van der Waals surface area contributed by atoms with Gasteiger partial charge in [-0.05, 0) is 37.3 Å². The molecule has 118 valence electrons. The van der Waals surface area contributed by atoms with Crippen LogP contribution in [0, 0.1) is 12.7 Å². The fraction of sp³-hybridized carbons (Fsp3) is 0.125. The monoisotopic (exact) mass is 350 g/mol. The first-order chi connectivity index (χ1) is 11.0. The summed E-state index contributed by atoms with van der Waals surface area (Å²) in [5.74, 6) is -1.24. The van der Waals surface area contributed by atoms with Gasteiger partial charge in [-0.1, -0.05) is 23.4 Å². The van der Waals surface area contributed by atoms with Crippen LogP contribution in [0.3, 0.4) is 0 Å². The zero-order chi connectivity index (χ0) is 16.6. The maximum absolute atomic E-state index is 13.1. The van der Waals surface area contributed by atoms with Crippen molar-refractivity contribution in [2.24, 2.45) is 0 Å². The fourth-order valence-electron chi connectivity index (χ4n) is 2.43. The van der Waals surface area contributed by atoms with E-state index >= 15 is 0 Å². The first-order valence-corrected chi connectivity index (χ1v) is 7.95. The Kier molecular flexibility index (Phi) is 4.28. The van der Waals surface area contributed by atoms with Crippen molar-refractivity contribution in [3.05, 3.63) is 53.2 Å². The number of benzene rings is 1. The third-order valence-electron chi connectivity index (χ3n) is 3.46. The highest BCUT2D eigenvalue weighted by Gasteiger charge is 2.19. The molecule has 0 saturated heterocycles. The second-order valence-corrected chi connectivity index (χ2v) is 6.39. The number of carbonyl (C=O) groups is 1. The Bertz CT molecular complexity index is 893. The number of nitrogens with zero attached hydrogens (tertiary/aromatic N) is 2. The summed E-state index contributed by atoms with van der Waals surface area (Å²) in [6.07, 6.45) is 1.55. The van der Waals surface area contributed by atoms with Crippen LogP contribution in [-0.2, 0) is 11.3 Å². The topological polar surface area (TPSA) is 55.1 Å². The molecular weight excluding hydrogens is 339 g/mol. The van der Waals surface area contributed by atoms with Crippen LogP contribution in [-0.4, -0.2) is 20.6 Å². The van der Waals surface area contributed by atoms with E-state index in [0.717, 1.165) is 21.0 Å². The molecule has 2 heterocycles. The minimum absolute atomic E-state index is 0.160. The van der Waals surface area contributed by atoms with Crippen molar-refractivity contribution in [3.8, 4) is 0 Å². The summed E-state index contributed by atoms with van der Waals surface area (Å²) in [6, 6.07) is 7.85. The van der Waals surface area contributed by atoms with Gasteiger partial charge in [0.2, 0.25) is 0 Å². The molecule has 0 aliphatic rings. The van der Waals surface area contributed by atoms with Crippen molar-refractivity contribution >= 4 is 40.2 Å². The molecule has 0 bridgehead atoms. The van der Waals surface area contributed by atoms with Crippen LogP contribution in [0.2, 0.25) is 5.15 Å². The van der Waals surface area contributed by atoms with Crippen LogP contribution in [0.4, 0.5) is 4.39 Å². The fourth-order valence-corrected chi connectivity index (χ4v) is 3.80. The molecule has 0 radical (unpaired) electrons. The number of hydrogen-bond donors (Lipinski definition) is 1. The van der Waals surface area contributed by atoms with Gasteiger partial charge >= 0.3 is 5.97 Å². The molecule has 4 nitrogen and oxygen atoms in total. The third kappa shape index (κ3) is 3.04. The van der Waals surface area contributed by atoms with E-state index in [0.29, 0.717) is 10.5 Å². The van der Waals surface area contributed by atoms with E-state index in [4.69, 9.17) is 16.7 Å². The summed E-state index contributed by atoms with van der Waals surface area (Å²) in [7, 11) is 0. The van der Waals surface area contributed by atoms with Gasteiger partial charge in [-0.25, -0.2) is 9.37 Å². The van der Waals surface area contributed by atoms with Gasteiger partial charge in [-0.3, -0.25) is 4.79 Å². The summed E-state index contributed by atoms with van der Waals surface area (Å²) in [4.78, 5) is 16.9. The summed E-state index contributed by atoms with van der Waals surface area (Å²) in [5.41, 5.74) is 1.50. The normalized spacial score (nSPS) is 11.1. The van der Waals surface area contributed by atoms with Crippen molar-refractivity contribution in [3.63, 3.8) is 0 Å². The van der Waals surface area contributed by atoms with Crippen LogP contribution in [0.1, 0.15) is 5.69 Å². The number of halogens is 2. The Labute approximate surface area is 140 Å². The lowest BCUT2D eigenvalue weighted by atomic mass is 10.3. The van der Waals surface area contributed by atoms with Crippen molar-refractivity contribution in [2.75, 3.05) is 0 Å². The van der Waals surface area contributed by atoms with Crippen LogP contribution >= 0.6 is 23.4 Å². The van der Waals surface area contributed by atoms with E-state index in [-0.39, 0.29) is 12.4 Å². The highest BCUT2D eigenvalue weighted by molar-refractivity contribution is 7.99. The minimum atomic E-state index is -0.934. The predicted octanol–water partition coefficient (Wildman–Crippen LogP) is 4.37. The molecule has 0 fully saturated rings. The van der Waals surface area contributed by atoms with E-state index in [1.807, 2.05) is 6.92 Å². The van der Waals surface area contributed by atoms with E-state index in [1.54, 1.807) is 29.0 Å². The molecule has 0 atom stereocenters. The first kappa shape index (κ1) is 15.8. The Morgan fingerprint density at radius 3 is 2.70 bits per heavy atom. The molecule has 0 spiro atoms. The molecular formula is C16H12ClFN2O2S. The second-order valence-electron chi connectivity index (χ2n) is 4.95. The predicted molar refractivity (Wildman–Crippen MR) is 87.6 cm³/mol. The number of aliphatic carboxylic acids is 1. The van der Waals surface area contributed by atoms with E-state index < -0.39 is 5.97 Å². The minimum Gasteiger partial charge on any atom is -0.480 e. The number of pyridine rings is 1. The quantitative estimate of drug-likeness (QED) is 0.710. The molecule has 0 saturated carbocycles. The largest absolute Gasteiger partial charge is 0.480 e. The molecule has 0 unspecified atom stereocenters. The highest BCUT2D eigenvalue weighted by Crippen LogP contribution is 2.40. The lowest BCUT2D eigenvalue weighted by Gasteiger charge is -2.05. The Balaban J connectivity index is 2.17. The molecule has 23 heavy (non-hydrogen) atoms. The number of carboxylic acid groups (broad SMARTS) is 1. The second kappa shape index (κ2) is 6.22. The standard InChI is InChI=1S/C16H12ClFN2O2S/c1-9-15(23-11-4-2-10(18)3-5-11)14-12(6-7-19-16(14)17)20(9)8-13(21)22/h2-7H,8H2,1H3,(H,21,22). The van der Waals surface area contributed by atoms with Gasteiger partial charge in [-0.2, -0.15) is 0 Å².